The highest BCUT2D eigenvalue weighted by molar-refractivity contribution is 5.97. The Hall–Kier alpha value is -2.93. The topological polar surface area (TPSA) is 77.6 Å². The second-order valence-corrected chi connectivity index (χ2v) is 10.6. The van der Waals surface area contributed by atoms with Crippen molar-refractivity contribution in [2.75, 3.05) is 38.1 Å². The summed E-state index contributed by atoms with van der Waals surface area (Å²) < 4.78 is 0. The first kappa shape index (κ1) is 25.7. The fourth-order valence-corrected chi connectivity index (χ4v) is 3.96. The summed E-state index contributed by atoms with van der Waals surface area (Å²) in [6, 6.07) is 10.9. The molecule has 3 rings (SSSR count). The van der Waals surface area contributed by atoms with Crippen molar-refractivity contribution in [3.63, 3.8) is 0 Å². The van der Waals surface area contributed by atoms with Gasteiger partial charge in [-0.2, -0.15) is 0 Å². The number of aromatic nitrogens is 1. The summed E-state index contributed by atoms with van der Waals surface area (Å²) in [6.45, 7) is 14.6. The Morgan fingerprint density at radius 3 is 2.26 bits per heavy atom. The van der Waals surface area contributed by atoms with Gasteiger partial charge in [-0.1, -0.05) is 46.8 Å². The minimum atomic E-state index is -0.617. The lowest BCUT2D eigenvalue weighted by Gasteiger charge is -2.33. The van der Waals surface area contributed by atoms with E-state index in [-0.39, 0.29) is 23.1 Å². The molecule has 34 heavy (non-hydrogen) atoms. The first-order valence-corrected chi connectivity index (χ1v) is 12.1. The summed E-state index contributed by atoms with van der Waals surface area (Å²) in [7, 11) is 2.13. The highest BCUT2D eigenvalue weighted by Crippen LogP contribution is 2.22. The molecule has 7 heteroatoms. The van der Waals surface area contributed by atoms with E-state index >= 15 is 0 Å². The molecule has 184 valence electrons. The second-order valence-electron chi connectivity index (χ2n) is 10.6. The van der Waals surface area contributed by atoms with Gasteiger partial charge in [-0.25, -0.2) is 4.98 Å². The fourth-order valence-electron chi connectivity index (χ4n) is 3.96. The molecule has 1 aliphatic rings. The Kier molecular flexibility index (Phi) is 8.31. The van der Waals surface area contributed by atoms with Crippen LogP contribution in [0.3, 0.4) is 0 Å². The number of carbonyl (C=O) groups is 2. The minimum Gasteiger partial charge on any atom is -0.354 e. The van der Waals surface area contributed by atoms with E-state index in [0.717, 1.165) is 43.1 Å². The number of hydrogen-bond donors (Lipinski definition) is 2. The lowest BCUT2D eigenvalue weighted by molar-refractivity contribution is -0.124. The highest BCUT2D eigenvalue weighted by Gasteiger charge is 2.25. The van der Waals surface area contributed by atoms with E-state index in [1.165, 1.54) is 0 Å². The van der Waals surface area contributed by atoms with Crippen LogP contribution in [0.4, 0.5) is 5.82 Å². The number of likely N-dealkylation sites (N-methyl/N-ethyl adjacent to an activating group) is 1. The van der Waals surface area contributed by atoms with Gasteiger partial charge in [0.25, 0.3) is 5.91 Å². The molecular weight excluding hydrogens is 426 g/mol. The average Bonchev–Trinajstić information content (AvgIpc) is 2.81. The molecule has 1 fully saturated rings. The second kappa shape index (κ2) is 11.0. The van der Waals surface area contributed by atoms with Crippen LogP contribution in [0.25, 0.3) is 0 Å². The molecule has 1 aromatic heterocycles. The zero-order valence-corrected chi connectivity index (χ0v) is 21.4. The van der Waals surface area contributed by atoms with Crippen molar-refractivity contribution in [3.8, 4) is 0 Å². The molecule has 7 nitrogen and oxygen atoms in total. The number of hydrogen-bond acceptors (Lipinski definition) is 5. The van der Waals surface area contributed by atoms with E-state index in [4.69, 9.17) is 0 Å². The average molecular weight is 466 g/mol. The number of carbonyl (C=O) groups excluding carboxylic acids is 2. The van der Waals surface area contributed by atoms with Crippen LogP contribution in [0.1, 0.15) is 56.1 Å². The lowest BCUT2D eigenvalue weighted by atomic mass is 9.86. The van der Waals surface area contributed by atoms with Crippen LogP contribution in [-0.4, -0.2) is 61.0 Å². The van der Waals surface area contributed by atoms with E-state index in [1.807, 2.05) is 50.2 Å². The third-order valence-corrected chi connectivity index (χ3v) is 6.35. The first-order valence-electron chi connectivity index (χ1n) is 12.1. The third kappa shape index (κ3) is 6.79. The molecule has 1 aliphatic heterocycles. The summed E-state index contributed by atoms with van der Waals surface area (Å²) in [5.74, 6) is 0.464. The molecule has 0 bridgehead atoms. The quantitative estimate of drug-likeness (QED) is 0.657. The highest BCUT2D eigenvalue weighted by atomic mass is 16.2. The van der Waals surface area contributed by atoms with Gasteiger partial charge in [0.05, 0.1) is 0 Å². The molecule has 1 saturated heterocycles. The Morgan fingerprint density at radius 1 is 1.03 bits per heavy atom. The summed E-state index contributed by atoms with van der Waals surface area (Å²) in [6.07, 6.45) is 1.79. The van der Waals surface area contributed by atoms with Gasteiger partial charge < -0.3 is 20.4 Å². The van der Waals surface area contributed by atoms with Crippen molar-refractivity contribution in [2.24, 2.45) is 5.92 Å². The van der Waals surface area contributed by atoms with Gasteiger partial charge in [-0.05, 0) is 53.8 Å². The van der Waals surface area contributed by atoms with E-state index in [9.17, 15) is 9.59 Å². The first-order chi connectivity index (χ1) is 16.0. The van der Waals surface area contributed by atoms with E-state index in [0.29, 0.717) is 12.1 Å². The maximum atomic E-state index is 13.0. The Morgan fingerprint density at radius 2 is 1.68 bits per heavy atom. The maximum absolute atomic E-state index is 13.0. The minimum absolute atomic E-state index is 0.0204. The molecule has 1 atom stereocenters. The number of nitrogens with zero attached hydrogens (tertiary/aromatic N) is 3. The molecule has 1 aromatic carbocycles. The maximum Gasteiger partial charge on any atom is 0.251 e. The van der Waals surface area contributed by atoms with Gasteiger partial charge in [-0.15, -0.1) is 0 Å². The van der Waals surface area contributed by atoms with Crippen molar-refractivity contribution in [1.29, 1.82) is 0 Å². The van der Waals surface area contributed by atoms with Crippen LogP contribution in [0, 0.1) is 5.92 Å². The number of nitrogens with one attached hydrogen (secondary N) is 2. The van der Waals surface area contributed by atoms with Gasteiger partial charge in [0, 0.05) is 44.5 Å². The largest absolute Gasteiger partial charge is 0.354 e. The SMILES string of the molecule is CC(C)C(NC(=O)c1ccc(C(C)(C)C)cc1)C(=O)NCc1ccnc(N2CCN(C)CC2)c1. The molecular formula is C27H39N5O2. The molecule has 0 saturated carbocycles. The van der Waals surface area contributed by atoms with Crippen molar-refractivity contribution >= 4 is 17.6 Å². The molecule has 0 radical (unpaired) electrons. The molecule has 2 heterocycles. The van der Waals surface area contributed by atoms with E-state index in [2.05, 4.69) is 53.2 Å². The van der Waals surface area contributed by atoms with Crippen molar-refractivity contribution in [3.05, 3.63) is 59.3 Å². The number of benzene rings is 1. The van der Waals surface area contributed by atoms with Crippen molar-refractivity contribution < 1.29 is 9.59 Å². The molecule has 2 N–H and O–H groups in total. The summed E-state index contributed by atoms with van der Waals surface area (Å²) in [5, 5.41) is 5.91. The Balaban J connectivity index is 1.60. The number of anilines is 1. The monoisotopic (exact) mass is 465 g/mol. The summed E-state index contributed by atoms with van der Waals surface area (Å²) in [5.41, 5.74) is 2.73. The predicted molar refractivity (Wildman–Crippen MR) is 137 cm³/mol. The van der Waals surface area contributed by atoms with Crippen LogP contribution in [-0.2, 0) is 16.8 Å². The van der Waals surface area contributed by atoms with Crippen LogP contribution >= 0.6 is 0 Å². The number of amides is 2. The Labute approximate surface area is 203 Å². The van der Waals surface area contributed by atoms with Gasteiger partial charge >= 0.3 is 0 Å². The Bertz CT molecular complexity index is 973. The normalized spacial score (nSPS) is 15.8. The number of piperazine rings is 1. The van der Waals surface area contributed by atoms with Crippen molar-refractivity contribution in [2.45, 2.75) is 52.6 Å². The molecule has 0 aliphatic carbocycles. The predicted octanol–water partition coefficient (Wildman–Crippen LogP) is 3.20. The van der Waals surface area contributed by atoms with Crippen molar-refractivity contribution in [1.82, 2.24) is 20.5 Å². The van der Waals surface area contributed by atoms with E-state index < -0.39 is 6.04 Å². The van der Waals surface area contributed by atoms with Crippen LogP contribution in [0.5, 0.6) is 0 Å². The van der Waals surface area contributed by atoms with Crippen LogP contribution in [0.2, 0.25) is 0 Å². The third-order valence-electron chi connectivity index (χ3n) is 6.35. The molecule has 2 aromatic rings. The number of rotatable bonds is 7. The zero-order valence-electron chi connectivity index (χ0n) is 21.4. The standard InChI is InChI=1S/C27H39N5O2/c1-19(2)24(30-25(33)21-7-9-22(10-8-21)27(3,4)5)26(34)29-18-20-11-12-28-23(17-20)32-15-13-31(6)14-16-32/h7-12,17,19,24H,13-16,18H2,1-6H3,(H,29,34)(H,30,33). The van der Waals surface area contributed by atoms with Gasteiger partial charge in [0.2, 0.25) is 5.91 Å². The lowest BCUT2D eigenvalue weighted by Crippen LogP contribution is -2.49. The van der Waals surface area contributed by atoms with Gasteiger partial charge in [0.15, 0.2) is 0 Å². The fraction of sp³-hybridized carbons (Fsp3) is 0.519. The molecule has 2 amide bonds. The van der Waals surface area contributed by atoms with E-state index in [1.54, 1.807) is 6.20 Å². The van der Waals surface area contributed by atoms with Gasteiger partial charge in [-0.3, -0.25) is 9.59 Å². The van der Waals surface area contributed by atoms with Crippen LogP contribution in [0.15, 0.2) is 42.6 Å². The summed E-state index contributed by atoms with van der Waals surface area (Å²) >= 11 is 0. The molecule has 1 unspecified atom stereocenters. The van der Waals surface area contributed by atoms with Crippen LogP contribution < -0.4 is 15.5 Å². The smallest absolute Gasteiger partial charge is 0.251 e. The van der Waals surface area contributed by atoms with Gasteiger partial charge in [0.1, 0.15) is 11.9 Å². The zero-order chi connectivity index (χ0) is 24.9. The summed E-state index contributed by atoms with van der Waals surface area (Å²) in [4.78, 5) is 34.9. The molecule has 0 spiro atoms. The number of pyridine rings is 1.